The van der Waals surface area contributed by atoms with Crippen LogP contribution >= 0.6 is 0 Å². The smallest absolute Gasteiger partial charge is 0.260 e. The average molecular weight is 389 g/mol. The molecule has 4 rings (SSSR count). The lowest BCUT2D eigenvalue weighted by Gasteiger charge is -2.08. The van der Waals surface area contributed by atoms with Crippen LogP contribution < -0.4 is 10.1 Å². The fourth-order valence-corrected chi connectivity index (χ4v) is 2.69. The minimum absolute atomic E-state index is 0.144. The molecule has 0 saturated heterocycles. The lowest BCUT2D eigenvalue weighted by molar-refractivity contribution is 0.102. The van der Waals surface area contributed by atoms with Crippen molar-refractivity contribution in [2.45, 2.75) is 6.61 Å². The molecule has 0 aliphatic heterocycles. The van der Waals surface area contributed by atoms with Crippen LogP contribution in [0.1, 0.15) is 16.2 Å². The van der Waals surface area contributed by atoms with Crippen LogP contribution in [0.3, 0.4) is 0 Å². The standard InChI is InChI=1S/C22H16FN3O3/c23-16-8-6-7-15(13-16)21(27)24-19-12-5-4-11-18(19)22-25-20(26-29-22)14-28-17-9-2-1-3-10-17/h1-13H,14H2,(H,24,27). The number of rotatable bonds is 6. The Morgan fingerprint density at radius 1 is 1.00 bits per heavy atom. The Hall–Kier alpha value is -4.00. The molecule has 144 valence electrons. The van der Waals surface area contributed by atoms with E-state index in [1.807, 2.05) is 30.3 Å². The van der Waals surface area contributed by atoms with Crippen molar-refractivity contribution < 1.29 is 18.4 Å². The second kappa shape index (κ2) is 8.35. The van der Waals surface area contributed by atoms with Gasteiger partial charge in [0.1, 0.15) is 11.6 Å². The zero-order chi connectivity index (χ0) is 20.1. The molecule has 0 aliphatic rings. The van der Waals surface area contributed by atoms with E-state index in [1.165, 1.54) is 24.3 Å². The number of hydrogen-bond donors (Lipinski definition) is 1. The van der Waals surface area contributed by atoms with E-state index in [-0.39, 0.29) is 18.1 Å². The number of amides is 1. The maximum absolute atomic E-state index is 13.4. The van der Waals surface area contributed by atoms with Gasteiger partial charge < -0.3 is 14.6 Å². The Balaban J connectivity index is 1.51. The normalized spacial score (nSPS) is 10.5. The van der Waals surface area contributed by atoms with Gasteiger partial charge in [-0.05, 0) is 42.5 Å². The van der Waals surface area contributed by atoms with Gasteiger partial charge in [0.25, 0.3) is 11.8 Å². The summed E-state index contributed by atoms with van der Waals surface area (Å²) in [7, 11) is 0. The van der Waals surface area contributed by atoms with Crippen molar-refractivity contribution in [1.82, 2.24) is 10.1 Å². The molecule has 0 radical (unpaired) electrons. The summed E-state index contributed by atoms with van der Waals surface area (Å²) in [4.78, 5) is 16.8. The van der Waals surface area contributed by atoms with Crippen molar-refractivity contribution >= 4 is 11.6 Å². The quantitative estimate of drug-likeness (QED) is 0.517. The molecule has 0 spiro atoms. The Kier molecular flexibility index (Phi) is 5.29. The van der Waals surface area contributed by atoms with Gasteiger partial charge in [-0.25, -0.2) is 4.39 Å². The number of nitrogens with zero attached hydrogens (tertiary/aromatic N) is 2. The van der Waals surface area contributed by atoms with Gasteiger partial charge >= 0.3 is 0 Å². The fourth-order valence-electron chi connectivity index (χ4n) is 2.69. The highest BCUT2D eigenvalue weighted by molar-refractivity contribution is 6.05. The van der Waals surface area contributed by atoms with Crippen molar-refractivity contribution in [3.8, 4) is 17.2 Å². The number of nitrogens with one attached hydrogen (secondary N) is 1. The summed E-state index contributed by atoms with van der Waals surface area (Å²) in [6.07, 6.45) is 0. The Bertz CT molecular complexity index is 1130. The molecule has 7 heteroatoms. The number of carbonyl (C=O) groups is 1. The molecule has 0 atom stereocenters. The van der Waals surface area contributed by atoms with Gasteiger partial charge in [-0.1, -0.05) is 41.6 Å². The summed E-state index contributed by atoms with van der Waals surface area (Å²) in [5, 5.41) is 6.68. The molecule has 29 heavy (non-hydrogen) atoms. The maximum Gasteiger partial charge on any atom is 0.260 e. The summed E-state index contributed by atoms with van der Waals surface area (Å²) in [6.45, 7) is 0.144. The lowest BCUT2D eigenvalue weighted by Crippen LogP contribution is -2.12. The highest BCUT2D eigenvalue weighted by Gasteiger charge is 2.16. The predicted molar refractivity (Wildman–Crippen MR) is 105 cm³/mol. The summed E-state index contributed by atoms with van der Waals surface area (Å²) >= 11 is 0. The van der Waals surface area contributed by atoms with Gasteiger partial charge in [-0.3, -0.25) is 4.79 Å². The molecule has 1 heterocycles. The number of aromatic nitrogens is 2. The van der Waals surface area contributed by atoms with Gasteiger partial charge in [-0.15, -0.1) is 0 Å². The Morgan fingerprint density at radius 2 is 1.79 bits per heavy atom. The van der Waals surface area contributed by atoms with Crippen molar-refractivity contribution in [2.24, 2.45) is 0 Å². The molecule has 0 unspecified atom stereocenters. The molecule has 0 bridgehead atoms. The highest BCUT2D eigenvalue weighted by Crippen LogP contribution is 2.27. The van der Waals surface area contributed by atoms with E-state index >= 15 is 0 Å². The number of carbonyl (C=O) groups excluding carboxylic acids is 1. The van der Waals surface area contributed by atoms with E-state index in [1.54, 1.807) is 24.3 Å². The molecule has 1 amide bonds. The largest absolute Gasteiger partial charge is 0.485 e. The van der Waals surface area contributed by atoms with Gasteiger partial charge in [0, 0.05) is 5.56 Å². The molecule has 6 nitrogen and oxygen atoms in total. The first-order chi connectivity index (χ1) is 14.2. The van der Waals surface area contributed by atoms with Crippen LogP contribution in [0.15, 0.2) is 83.4 Å². The topological polar surface area (TPSA) is 77.2 Å². The summed E-state index contributed by atoms with van der Waals surface area (Å²) in [5.41, 5.74) is 1.24. The minimum atomic E-state index is -0.481. The zero-order valence-corrected chi connectivity index (χ0v) is 15.2. The number of ether oxygens (including phenoxy) is 1. The van der Waals surface area contributed by atoms with Crippen LogP contribution in [-0.2, 0) is 6.61 Å². The van der Waals surface area contributed by atoms with Crippen LogP contribution in [0.4, 0.5) is 10.1 Å². The van der Waals surface area contributed by atoms with Crippen LogP contribution in [0.5, 0.6) is 5.75 Å². The van der Waals surface area contributed by atoms with Gasteiger partial charge in [0.15, 0.2) is 6.61 Å². The minimum Gasteiger partial charge on any atom is -0.485 e. The van der Waals surface area contributed by atoms with Crippen molar-refractivity contribution in [2.75, 3.05) is 5.32 Å². The SMILES string of the molecule is O=C(Nc1ccccc1-c1nc(COc2ccccc2)no1)c1cccc(F)c1. The van der Waals surface area contributed by atoms with E-state index in [4.69, 9.17) is 9.26 Å². The first-order valence-corrected chi connectivity index (χ1v) is 8.86. The second-order valence-electron chi connectivity index (χ2n) is 6.13. The number of halogens is 1. The molecule has 0 saturated carbocycles. The zero-order valence-electron chi connectivity index (χ0n) is 15.2. The monoisotopic (exact) mass is 389 g/mol. The highest BCUT2D eigenvalue weighted by atomic mass is 19.1. The molecule has 4 aromatic rings. The van der Waals surface area contributed by atoms with E-state index in [0.717, 1.165) is 0 Å². The number of hydrogen-bond acceptors (Lipinski definition) is 5. The van der Waals surface area contributed by atoms with E-state index < -0.39 is 11.7 Å². The van der Waals surface area contributed by atoms with Crippen LogP contribution in [-0.4, -0.2) is 16.0 Å². The molecule has 3 aromatic carbocycles. The van der Waals surface area contributed by atoms with Gasteiger partial charge in [0.05, 0.1) is 11.3 Å². The van der Waals surface area contributed by atoms with Gasteiger partial charge in [0.2, 0.25) is 5.82 Å². The summed E-state index contributed by atoms with van der Waals surface area (Å²) < 4.78 is 24.3. The van der Waals surface area contributed by atoms with Crippen molar-refractivity contribution in [3.05, 3.63) is 96.1 Å². The molecule has 1 N–H and O–H groups in total. The van der Waals surface area contributed by atoms with Gasteiger partial charge in [-0.2, -0.15) is 4.98 Å². The average Bonchev–Trinajstić information content (AvgIpc) is 3.22. The fraction of sp³-hybridized carbons (Fsp3) is 0.0455. The lowest BCUT2D eigenvalue weighted by atomic mass is 10.1. The molecular weight excluding hydrogens is 373 g/mol. The maximum atomic E-state index is 13.4. The third-order valence-electron chi connectivity index (χ3n) is 4.07. The van der Waals surface area contributed by atoms with Crippen molar-refractivity contribution in [3.63, 3.8) is 0 Å². The molecule has 0 fully saturated rings. The first kappa shape index (κ1) is 18.4. The van der Waals surface area contributed by atoms with E-state index in [2.05, 4.69) is 15.5 Å². The van der Waals surface area contributed by atoms with E-state index in [9.17, 15) is 9.18 Å². The van der Waals surface area contributed by atoms with Crippen LogP contribution in [0.25, 0.3) is 11.5 Å². The number of benzene rings is 3. The second-order valence-corrected chi connectivity index (χ2v) is 6.13. The van der Waals surface area contributed by atoms with Crippen LogP contribution in [0.2, 0.25) is 0 Å². The Labute approximate surface area is 166 Å². The Morgan fingerprint density at radius 3 is 2.62 bits per heavy atom. The van der Waals surface area contributed by atoms with Crippen molar-refractivity contribution in [1.29, 1.82) is 0 Å². The predicted octanol–water partition coefficient (Wildman–Crippen LogP) is 4.71. The third-order valence-corrected chi connectivity index (χ3v) is 4.07. The van der Waals surface area contributed by atoms with Crippen LogP contribution in [0, 0.1) is 5.82 Å². The molecule has 0 aliphatic carbocycles. The summed E-state index contributed by atoms with van der Waals surface area (Å²) in [6, 6.07) is 21.8. The number of para-hydroxylation sites is 2. The number of anilines is 1. The first-order valence-electron chi connectivity index (χ1n) is 8.86. The third kappa shape index (κ3) is 4.47. The van der Waals surface area contributed by atoms with E-state index in [0.29, 0.717) is 22.8 Å². The molecular formula is C22H16FN3O3. The summed E-state index contributed by atoms with van der Waals surface area (Å²) in [5.74, 6) is 0.388. The molecule has 1 aromatic heterocycles.